The molecule has 0 saturated carbocycles. The zero-order valence-corrected chi connectivity index (χ0v) is 20.4. The van der Waals surface area contributed by atoms with Crippen molar-refractivity contribution in [2.24, 2.45) is 0 Å². The van der Waals surface area contributed by atoms with E-state index < -0.39 is 5.60 Å². The Kier molecular flexibility index (Phi) is 5.50. The second-order valence-electron chi connectivity index (χ2n) is 9.79. The minimum Gasteiger partial charge on any atom is -0.444 e. The Balaban J connectivity index is 1.42. The largest absolute Gasteiger partial charge is 0.444 e. The van der Waals surface area contributed by atoms with E-state index in [4.69, 9.17) is 9.72 Å². The highest BCUT2D eigenvalue weighted by Gasteiger charge is 2.42. The van der Waals surface area contributed by atoms with Gasteiger partial charge in [-0.2, -0.15) is 0 Å². The lowest BCUT2D eigenvalue weighted by atomic mass is 9.91. The van der Waals surface area contributed by atoms with Gasteiger partial charge in [-0.15, -0.1) is 0 Å². The Labute approximate surface area is 197 Å². The van der Waals surface area contributed by atoms with E-state index in [1.807, 2.05) is 31.7 Å². The summed E-state index contributed by atoms with van der Waals surface area (Å²) in [6.45, 7) is 8.17. The van der Waals surface area contributed by atoms with Gasteiger partial charge in [-0.05, 0) is 57.9 Å². The van der Waals surface area contributed by atoms with E-state index in [1.165, 1.54) is 5.69 Å². The van der Waals surface area contributed by atoms with E-state index in [9.17, 15) is 4.79 Å². The topological polar surface area (TPSA) is 50.1 Å². The van der Waals surface area contributed by atoms with Gasteiger partial charge in [0.15, 0.2) is 0 Å². The van der Waals surface area contributed by atoms with Crippen LogP contribution in [-0.4, -0.2) is 56.1 Å². The molecule has 2 atom stereocenters. The third kappa shape index (κ3) is 4.16. The van der Waals surface area contributed by atoms with Crippen LogP contribution in [0.4, 0.5) is 4.79 Å². The van der Waals surface area contributed by atoms with Crippen LogP contribution >= 0.6 is 15.9 Å². The van der Waals surface area contributed by atoms with E-state index in [0.717, 1.165) is 53.9 Å². The van der Waals surface area contributed by atoms with Crippen molar-refractivity contribution in [1.82, 2.24) is 19.2 Å². The van der Waals surface area contributed by atoms with Crippen LogP contribution in [0.25, 0.3) is 16.9 Å². The number of benzene rings is 1. The number of rotatable bonds is 3. The third-order valence-corrected chi connectivity index (χ3v) is 6.90. The molecule has 2 aromatic heterocycles. The number of carbonyl (C=O) groups excluding carboxylic acids is 1. The number of hydrogen-bond donors (Lipinski definition) is 0. The number of amides is 1. The van der Waals surface area contributed by atoms with Crippen molar-refractivity contribution in [1.29, 1.82) is 0 Å². The predicted molar refractivity (Wildman–Crippen MR) is 128 cm³/mol. The predicted octanol–water partition coefficient (Wildman–Crippen LogP) is 5.35. The number of carbonyl (C=O) groups is 1. The van der Waals surface area contributed by atoms with Gasteiger partial charge >= 0.3 is 6.09 Å². The van der Waals surface area contributed by atoms with Crippen LogP contribution in [0.3, 0.4) is 0 Å². The first-order valence-corrected chi connectivity index (χ1v) is 12.0. The van der Waals surface area contributed by atoms with Crippen molar-refractivity contribution >= 4 is 27.7 Å². The van der Waals surface area contributed by atoms with E-state index in [2.05, 4.69) is 67.8 Å². The summed E-state index contributed by atoms with van der Waals surface area (Å²) in [5.41, 5.74) is 3.82. The molecule has 3 aromatic rings. The molecule has 32 heavy (non-hydrogen) atoms. The number of halogens is 1. The van der Waals surface area contributed by atoms with E-state index in [0.29, 0.717) is 6.04 Å². The zero-order valence-electron chi connectivity index (χ0n) is 18.8. The van der Waals surface area contributed by atoms with E-state index in [-0.39, 0.29) is 12.1 Å². The van der Waals surface area contributed by atoms with Gasteiger partial charge in [0.25, 0.3) is 0 Å². The highest BCUT2D eigenvalue weighted by atomic mass is 79.9. The Bertz CT molecular complexity index is 1140. The second kappa shape index (κ2) is 8.19. The van der Waals surface area contributed by atoms with Crippen LogP contribution in [0.1, 0.15) is 39.3 Å². The summed E-state index contributed by atoms with van der Waals surface area (Å²) in [7, 11) is 0. The fourth-order valence-corrected chi connectivity index (χ4v) is 5.15. The first-order chi connectivity index (χ1) is 15.3. The molecule has 3 fully saturated rings. The molecular formula is C25H29BrN4O2. The highest BCUT2D eigenvalue weighted by Crippen LogP contribution is 2.33. The first-order valence-electron chi connectivity index (χ1n) is 11.2. The van der Waals surface area contributed by atoms with Crippen molar-refractivity contribution < 1.29 is 9.53 Å². The van der Waals surface area contributed by atoms with Gasteiger partial charge in [0, 0.05) is 48.0 Å². The van der Waals surface area contributed by atoms with Crippen molar-refractivity contribution in [3.8, 4) is 11.3 Å². The molecule has 0 spiro atoms. The zero-order chi connectivity index (χ0) is 22.5. The molecule has 0 radical (unpaired) electrons. The molecule has 3 aliphatic heterocycles. The Morgan fingerprint density at radius 3 is 2.53 bits per heavy atom. The number of imidazole rings is 1. The third-order valence-electron chi connectivity index (χ3n) is 6.37. The molecule has 7 heteroatoms. The Morgan fingerprint density at radius 1 is 1.09 bits per heavy atom. The molecule has 1 amide bonds. The van der Waals surface area contributed by atoms with Crippen LogP contribution in [0.5, 0.6) is 0 Å². The fraction of sp³-hybridized carbons (Fsp3) is 0.440. The maximum atomic E-state index is 12.7. The van der Waals surface area contributed by atoms with Crippen molar-refractivity contribution in [3.05, 3.63) is 58.8 Å². The van der Waals surface area contributed by atoms with Crippen molar-refractivity contribution in [3.63, 3.8) is 0 Å². The van der Waals surface area contributed by atoms with Crippen molar-refractivity contribution in [2.45, 2.75) is 57.8 Å². The molecule has 2 bridgehead atoms. The van der Waals surface area contributed by atoms with Gasteiger partial charge in [0.05, 0.1) is 11.4 Å². The summed E-state index contributed by atoms with van der Waals surface area (Å²) < 4.78 is 8.92. The number of nitrogens with zero attached hydrogens (tertiary/aromatic N) is 4. The maximum Gasteiger partial charge on any atom is 0.410 e. The Morgan fingerprint density at radius 2 is 1.84 bits per heavy atom. The van der Waals surface area contributed by atoms with Gasteiger partial charge in [0.2, 0.25) is 0 Å². The van der Waals surface area contributed by atoms with Crippen LogP contribution in [0, 0.1) is 0 Å². The highest BCUT2D eigenvalue weighted by molar-refractivity contribution is 9.10. The lowest BCUT2D eigenvalue weighted by molar-refractivity contribution is -0.0439. The van der Waals surface area contributed by atoms with E-state index in [1.54, 1.807) is 0 Å². The molecule has 1 aromatic carbocycles. The van der Waals surface area contributed by atoms with Crippen LogP contribution < -0.4 is 0 Å². The molecular weight excluding hydrogens is 468 g/mol. The number of aromatic nitrogens is 2. The maximum absolute atomic E-state index is 12.7. The van der Waals surface area contributed by atoms with Gasteiger partial charge in [-0.25, -0.2) is 9.78 Å². The molecule has 6 rings (SSSR count). The molecule has 6 nitrogen and oxygen atoms in total. The van der Waals surface area contributed by atoms with Gasteiger partial charge in [-0.1, -0.05) is 34.1 Å². The summed E-state index contributed by atoms with van der Waals surface area (Å²) >= 11 is 3.53. The van der Waals surface area contributed by atoms with Crippen molar-refractivity contribution in [2.75, 3.05) is 13.1 Å². The SMILES string of the molecule is CC(C)(C)OC(=O)N1CC2CCC1CN2Cc1c(-c2ccc(Br)cc2)nc2ccccn12. The standard InChI is InChI=1S/C25H29BrN4O2/c1-25(2,3)32-24(31)30-15-19-11-12-20(30)14-28(19)16-21-23(17-7-9-18(26)10-8-17)27-22-6-4-5-13-29(21)22/h4-10,13,19-20H,11-12,14-16H2,1-3H3. The number of hydrogen-bond acceptors (Lipinski definition) is 4. The summed E-state index contributed by atoms with van der Waals surface area (Å²) in [5, 5.41) is 0. The summed E-state index contributed by atoms with van der Waals surface area (Å²) in [4.78, 5) is 22.2. The normalized spacial score (nSPS) is 21.3. The van der Waals surface area contributed by atoms with Gasteiger partial charge in [0.1, 0.15) is 11.2 Å². The second-order valence-corrected chi connectivity index (χ2v) is 10.7. The molecule has 3 saturated heterocycles. The molecule has 5 heterocycles. The van der Waals surface area contributed by atoms with Gasteiger partial charge < -0.3 is 14.0 Å². The first kappa shape index (κ1) is 21.5. The lowest BCUT2D eigenvalue weighted by Gasteiger charge is -2.51. The average Bonchev–Trinajstić information content (AvgIpc) is 3.12. The fourth-order valence-electron chi connectivity index (χ4n) is 4.88. The Hall–Kier alpha value is -2.38. The van der Waals surface area contributed by atoms with E-state index >= 15 is 0 Å². The number of fused-ring (bicyclic) bond motifs is 4. The lowest BCUT2D eigenvalue weighted by Crippen LogP contribution is -2.64. The summed E-state index contributed by atoms with van der Waals surface area (Å²) in [5.74, 6) is 0. The quantitative estimate of drug-likeness (QED) is 0.490. The number of ether oxygens (including phenoxy) is 1. The molecule has 0 N–H and O–H groups in total. The molecule has 168 valence electrons. The monoisotopic (exact) mass is 496 g/mol. The van der Waals surface area contributed by atoms with Crippen LogP contribution in [0.2, 0.25) is 0 Å². The number of piperidine rings is 2. The van der Waals surface area contributed by atoms with Crippen LogP contribution in [-0.2, 0) is 11.3 Å². The number of pyridine rings is 1. The molecule has 3 aliphatic rings. The van der Waals surface area contributed by atoms with Gasteiger partial charge in [-0.3, -0.25) is 4.90 Å². The molecule has 2 unspecified atom stereocenters. The average molecular weight is 497 g/mol. The van der Waals surface area contributed by atoms with Crippen LogP contribution in [0.15, 0.2) is 53.1 Å². The smallest absolute Gasteiger partial charge is 0.410 e. The number of piperazine rings is 1. The minimum atomic E-state index is -0.469. The molecule has 0 aliphatic carbocycles. The summed E-state index contributed by atoms with van der Waals surface area (Å²) in [6, 6.07) is 15.0. The summed E-state index contributed by atoms with van der Waals surface area (Å²) in [6.07, 6.45) is 4.05. The minimum absolute atomic E-state index is 0.183.